The standard InChI is InChI=1S/C8H13N3O2S/c1-2-3-4-9-8(7-11(12)13)10-5-6-14/h14H,4-7H2,1H3,(H,9,10). The number of thiol groups is 1. The van der Waals surface area contributed by atoms with E-state index in [-0.39, 0.29) is 6.54 Å². The van der Waals surface area contributed by atoms with Crippen molar-refractivity contribution in [1.82, 2.24) is 5.32 Å². The van der Waals surface area contributed by atoms with Crippen molar-refractivity contribution in [1.29, 1.82) is 0 Å². The highest BCUT2D eigenvalue weighted by atomic mass is 32.1. The molecular weight excluding hydrogens is 202 g/mol. The van der Waals surface area contributed by atoms with Crippen molar-refractivity contribution in [3.63, 3.8) is 0 Å². The normalized spacial score (nSPS) is 10.3. The zero-order valence-electron chi connectivity index (χ0n) is 7.99. The molecule has 0 saturated heterocycles. The number of rotatable bonds is 5. The van der Waals surface area contributed by atoms with Gasteiger partial charge in [0, 0.05) is 17.2 Å². The third-order valence-corrected chi connectivity index (χ3v) is 1.44. The summed E-state index contributed by atoms with van der Waals surface area (Å²) in [4.78, 5) is 13.8. The molecule has 0 heterocycles. The van der Waals surface area contributed by atoms with Gasteiger partial charge in [0.05, 0.1) is 6.54 Å². The number of hydrogen-bond donors (Lipinski definition) is 2. The molecule has 0 rings (SSSR count). The van der Waals surface area contributed by atoms with Gasteiger partial charge in [0.25, 0.3) is 6.54 Å². The Labute approximate surface area is 88.5 Å². The SMILES string of the molecule is CC#CCNC(C[N+](=O)[O-])=NCCS. The van der Waals surface area contributed by atoms with Gasteiger partial charge in [0.1, 0.15) is 0 Å². The summed E-state index contributed by atoms with van der Waals surface area (Å²) in [6.45, 7) is 2.27. The van der Waals surface area contributed by atoms with Crippen LogP contribution in [0.4, 0.5) is 0 Å². The van der Waals surface area contributed by atoms with Gasteiger partial charge < -0.3 is 5.32 Å². The van der Waals surface area contributed by atoms with Crippen LogP contribution >= 0.6 is 12.6 Å². The summed E-state index contributed by atoms with van der Waals surface area (Å²) in [5, 5.41) is 13.0. The topological polar surface area (TPSA) is 67.5 Å². The molecule has 0 atom stereocenters. The molecule has 6 heteroatoms. The summed E-state index contributed by atoms with van der Waals surface area (Å²) in [6, 6.07) is 0. The summed E-state index contributed by atoms with van der Waals surface area (Å²) in [7, 11) is 0. The molecule has 0 aliphatic carbocycles. The zero-order chi connectivity index (χ0) is 10.8. The predicted molar refractivity (Wildman–Crippen MR) is 59.5 cm³/mol. The van der Waals surface area contributed by atoms with Crippen molar-refractivity contribution in [3.8, 4) is 11.8 Å². The number of hydrogen-bond acceptors (Lipinski definition) is 4. The summed E-state index contributed by atoms with van der Waals surface area (Å²) in [5.41, 5.74) is 0. The van der Waals surface area contributed by atoms with E-state index in [1.807, 2.05) is 0 Å². The van der Waals surface area contributed by atoms with Crippen molar-refractivity contribution < 1.29 is 4.92 Å². The molecule has 14 heavy (non-hydrogen) atoms. The van der Waals surface area contributed by atoms with Crippen LogP contribution in [-0.4, -0.2) is 36.1 Å². The van der Waals surface area contributed by atoms with Gasteiger partial charge in [0.15, 0.2) is 5.84 Å². The zero-order valence-corrected chi connectivity index (χ0v) is 8.88. The predicted octanol–water partition coefficient (Wildman–Crippen LogP) is 0.204. The van der Waals surface area contributed by atoms with Crippen LogP contribution < -0.4 is 5.32 Å². The summed E-state index contributed by atoms with van der Waals surface area (Å²) < 4.78 is 0. The van der Waals surface area contributed by atoms with Gasteiger partial charge in [-0.3, -0.25) is 15.1 Å². The maximum Gasteiger partial charge on any atom is 0.259 e. The second-order valence-corrected chi connectivity index (χ2v) is 2.77. The lowest BCUT2D eigenvalue weighted by molar-refractivity contribution is -0.463. The van der Waals surface area contributed by atoms with Crippen molar-refractivity contribution in [2.75, 3.05) is 25.4 Å². The van der Waals surface area contributed by atoms with Gasteiger partial charge in [-0.1, -0.05) is 5.92 Å². The number of amidine groups is 1. The minimum Gasteiger partial charge on any atom is -0.357 e. The first-order valence-corrected chi connectivity index (χ1v) is 4.73. The quantitative estimate of drug-likeness (QED) is 0.172. The van der Waals surface area contributed by atoms with Crippen LogP contribution in [0.15, 0.2) is 4.99 Å². The van der Waals surface area contributed by atoms with Gasteiger partial charge in [-0.15, -0.1) is 5.92 Å². The Morgan fingerprint density at radius 3 is 2.93 bits per heavy atom. The minimum atomic E-state index is -0.427. The monoisotopic (exact) mass is 215 g/mol. The van der Waals surface area contributed by atoms with Gasteiger partial charge in [0.2, 0.25) is 0 Å². The van der Waals surface area contributed by atoms with Crippen molar-refractivity contribution in [2.24, 2.45) is 4.99 Å². The smallest absolute Gasteiger partial charge is 0.259 e. The number of nitrogens with zero attached hydrogens (tertiary/aromatic N) is 2. The van der Waals surface area contributed by atoms with E-state index in [9.17, 15) is 10.1 Å². The highest BCUT2D eigenvalue weighted by Crippen LogP contribution is 1.81. The van der Waals surface area contributed by atoms with E-state index < -0.39 is 4.92 Å². The van der Waals surface area contributed by atoms with Crippen molar-refractivity contribution in [3.05, 3.63) is 10.1 Å². The first-order chi connectivity index (χ1) is 6.70. The fraction of sp³-hybridized carbons (Fsp3) is 0.625. The lowest BCUT2D eigenvalue weighted by atomic mass is 10.5. The molecule has 0 aliphatic rings. The third-order valence-electron chi connectivity index (χ3n) is 1.24. The van der Waals surface area contributed by atoms with Gasteiger partial charge in [-0.2, -0.15) is 12.6 Å². The van der Waals surface area contributed by atoms with Crippen LogP contribution in [0.5, 0.6) is 0 Å². The van der Waals surface area contributed by atoms with Crippen LogP contribution in [0.1, 0.15) is 6.92 Å². The maximum absolute atomic E-state index is 10.2. The van der Waals surface area contributed by atoms with E-state index >= 15 is 0 Å². The Kier molecular flexibility index (Phi) is 7.65. The summed E-state index contributed by atoms with van der Waals surface area (Å²) >= 11 is 3.96. The van der Waals surface area contributed by atoms with Gasteiger partial charge in [-0.25, -0.2) is 0 Å². The van der Waals surface area contributed by atoms with E-state index in [0.29, 0.717) is 24.7 Å². The molecule has 78 valence electrons. The molecule has 0 aromatic rings. The van der Waals surface area contributed by atoms with E-state index in [2.05, 4.69) is 34.8 Å². The second-order valence-electron chi connectivity index (χ2n) is 2.32. The van der Waals surface area contributed by atoms with E-state index in [1.54, 1.807) is 6.92 Å². The number of nitrogens with one attached hydrogen (secondary N) is 1. The van der Waals surface area contributed by atoms with Crippen LogP contribution in [0.2, 0.25) is 0 Å². The minimum absolute atomic E-state index is 0.292. The summed E-state index contributed by atoms with van der Waals surface area (Å²) in [5.74, 6) is 6.35. The molecule has 5 nitrogen and oxygen atoms in total. The average molecular weight is 215 g/mol. The first kappa shape index (κ1) is 12.8. The molecule has 1 N–H and O–H groups in total. The highest BCUT2D eigenvalue weighted by Gasteiger charge is 2.04. The van der Waals surface area contributed by atoms with Crippen LogP contribution in [0.25, 0.3) is 0 Å². The molecule has 0 radical (unpaired) electrons. The van der Waals surface area contributed by atoms with Crippen molar-refractivity contribution in [2.45, 2.75) is 6.92 Å². The Balaban J connectivity index is 4.07. The fourth-order valence-corrected chi connectivity index (χ4v) is 0.804. The van der Waals surface area contributed by atoms with Crippen LogP contribution in [0.3, 0.4) is 0 Å². The number of nitro groups is 1. The van der Waals surface area contributed by atoms with E-state index in [1.165, 1.54) is 0 Å². The van der Waals surface area contributed by atoms with Crippen LogP contribution in [0, 0.1) is 22.0 Å². The van der Waals surface area contributed by atoms with E-state index in [0.717, 1.165) is 0 Å². The molecule has 0 bridgehead atoms. The first-order valence-electron chi connectivity index (χ1n) is 4.10. The molecule has 0 amide bonds. The highest BCUT2D eigenvalue weighted by molar-refractivity contribution is 7.80. The molecule has 0 aromatic heterocycles. The largest absolute Gasteiger partial charge is 0.357 e. The number of aliphatic imine (C=N–C) groups is 1. The molecule has 0 unspecified atom stereocenters. The molecule has 0 fully saturated rings. The van der Waals surface area contributed by atoms with Crippen molar-refractivity contribution >= 4 is 18.5 Å². The Morgan fingerprint density at radius 2 is 2.43 bits per heavy atom. The Morgan fingerprint density at radius 1 is 1.71 bits per heavy atom. The van der Waals surface area contributed by atoms with E-state index in [4.69, 9.17) is 0 Å². The maximum atomic E-state index is 10.2. The fourth-order valence-electron chi connectivity index (χ4n) is 0.704. The Bertz CT molecular complexity index is 267. The Hall–Kier alpha value is -1.22. The van der Waals surface area contributed by atoms with Gasteiger partial charge >= 0.3 is 0 Å². The van der Waals surface area contributed by atoms with Crippen LogP contribution in [-0.2, 0) is 0 Å². The molecule has 0 saturated carbocycles. The second kappa shape index (κ2) is 8.38. The molecule has 0 spiro atoms. The molecule has 0 aromatic carbocycles. The lowest BCUT2D eigenvalue weighted by Gasteiger charge is -2.02. The summed E-state index contributed by atoms with van der Waals surface area (Å²) in [6.07, 6.45) is 0. The lowest BCUT2D eigenvalue weighted by Crippen LogP contribution is -2.31. The third kappa shape index (κ3) is 7.43. The van der Waals surface area contributed by atoms with Gasteiger partial charge in [-0.05, 0) is 6.92 Å². The molecule has 0 aliphatic heterocycles. The molecular formula is C8H13N3O2S. The average Bonchev–Trinajstić information content (AvgIpc) is 2.13.